The van der Waals surface area contributed by atoms with Gasteiger partial charge in [-0.25, -0.2) is 0 Å². The zero-order chi connectivity index (χ0) is 9.97. The lowest BCUT2D eigenvalue weighted by atomic mass is 10.1. The first kappa shape index (κ1) is 9.53. The number of benzene rings is 1. The van der Waals surface area contributed by atoms with Crippen LogP contribution in [0.3, 0.4) is 0 Å². The van der Waals surface area contributed by atoms with Crippen LogP contribution in [-0.4, -0.2) is 12.1 Å². The highest BCUT2D eigenvalue weighted by molar-refractivity contribution is 5.46. The first-order valence-corrected chi connectivity index (χ1v) is 5.34. The van der Waals surface area contributed by atoms with E-state index in [9.17, 15) is 0 Å². The van der Waals surface area contributed by atoms with Gasteiger partial charge < -0.3 is 11.1 Å². The minimum Gasteiger partial charge on any atom is -0.381 e. The molecule has 0 heterocycles. The molecule has 14 heavy (non-hydrogen) atoms. The van der Waals surface area contributed by atoms with Crippen molar-refractivity contribution in [1.82, 2.24) is 0 Å². The third-order valence-electron chi connectivity index (χ3n) is 2.94. The normalized spacial score (nSPS) is 26.4. The van der Waals surface area contributed by atoms with Gasteiger partial charge in [0, 0.05) is 17.8 Å². The second-order valence-electron chi connectivity index (χ2n) is 4.22. The Bertz CT molecular complexity index is 309. The van der Waals surface area contributed by atoms with Gasteiger partial charge in [0.05, 0.1) is 0 Å². The highest BCUT2D eigenvalue weighted by Crippen LogP contribution is 2.21. The Hall–Kier alpha value is -1.02. The maximum absolute atomic E-state index is 6.00. The summed E-state index contributed by atoms with van der Waals surface area (Å²) in [6.45, 7) is 2.11. The average Bonchev–Trinajstić information content (AvgIpc) is 2.52. The quantitative estimate of drug-likeness (QED) is 0.751. The topological polar surface area (TPSA) is 38.0 Å². The summed E-state index contributed by atoms with van der Waals surface area (Å²) in [5, 5.41) is 3.51. The molecule has 2 nitrogen and oxygen atoms in total. The van der Waals surface area contributed by atoms with Crippen LogP contribution in [0.5, 0.6) is 0 Å². The van der Waals surface area contributed by atoms with Gasteiger partial charge in [-0.3, -0.25) is 0 Å². The van der Waals surface area contributed by atoms with E-state index in [0.717, 1.165) is 6.42 Å². The van der Waals surface area contributed by atoms with E-state index >= 15 is 0 Å². The Labute approximate surface area is 85.5 Å². The molecule has 1 aromatic carbocycles. The monoisotopic (exact) mass is 190 g/mol. The molecule has 2 rings (SSSR count). The smallest absolute Gasteiger partial charge is 0.0412 e. The lowest BCUT2D eigenvalue weighted by Gasteiger charge is -2.18. The number of aryl methyl sites for hydroxylation is 1. The van der Waals surface area contributed by atoms with Crippen LogP contribution in [0, 0.1) is 6.92 Å². The molecule has 76 valence electrons. The van der Waals surface area contributed by atoms with Crippen molar-refractivity contribution in [3.8, 4) is 0 Å². The van der Waals surface area contributed by atoms with E-state index in [4.69, 9.17) is 5.73 Å². The molecule has 0 aromatic heterocycles. The Balaban J connectivity index is 2.03. The Morgan fingerprint density at radius 1 is 1.36 bits per heavy atom. The van der Waals surface area contributed by atoms with Crippen LogP contribution < -0.4 is 11.1 Å². The van der Waals surface area contributed by atoms with Crippen LogP contribution >= 0.6 is 0 Å². The predicted molar refractivity (Wildman–Crippen MR) is 60.4 cm³/mol. The summed E-state index contributed by atoms with van der Waals surface area (Å²) in [6, 6.07) is 9.27. The van der Waals surface area contributed by atoms with Gasteiger partial charge in [-0.05, 0) is 43.9 Å². The molecule has 3 N–H and O–H groups in total. The van der Waals surface area contributed by atoms with Crippen molar-refractivity contribution >= 4 is 5.69 Å². The molecule has 0 aliphatic heterocycles. The number of nitrogens with one attached hydrogen (secondary N) is 1. The van der Waals surface area contributed by atoms with E-state index in [1.165, 1.54) is 24.1 Å². The van der Waals surface area contributed by atoms with Crippen molar-refractivity contribution in [2.45, 2.75) is 38.3 Å². The summed E-state index contributed by atoms with van der Waals surface area (Å²) in [4.78, 5) is 0. The number of hydrogen-bond acceptors (Lipinski definition) is 2. The van der Waals surface area contributed by atoms with E-state index in [1.54, 1.807) is 0 Å². The first-order chi connectivity index (χ1) is 6.75. The second-order valence-corrected chi connectivity index (χ2v) is 4.22. The zero-order valence-corrected chi connectivity index (χ0v) is 8.66. The van der Waals surface area contributed by atoms with Gasteiger partial charge in [0.2, 0.25) is 0 Å². The first-order valence-electron chi connectivity index (χ1n) is 5.34. The van der Waals surface area contributed by atoms with Crippen LogP contribution in [0.2, 0.25) is 0 Å². The van der Waals surface area contributed by atoms with Crippen LogP contribution in [0.25, 0.3) is 0 Å². The molecule has 0 unspecified atom stereocenters. The summed E-state index contributed by atoms with van der Waals surface area (Å²) < 4.78 is 0. The summed E-state index contributed by atoms with van der Waals surface area (Å²) in [7, 11) is 0. The molecule has 0 bridgehead atoms. The number of rotatable bonds is 2. The SMILES string of the molecule is Cc1cccc(N[C@H]2CCC[C@H]2N)c1. The van der Waals surface area contributed by atoms with Crippen LogP contribution in [-0.2, 0) is 0 Å². The maximum Gasteiger partial charge on any atom is 0.0412 e. The molecule has 1 aliphatic carbocycles. The van der Waals surface area contributed by atoms with Crippen molar-refractivity contribution in [3.63, 3.8) is 0 Å². The highest BCUT2D eigenvalue weighted by atomic mass is 15.0. The lowest BCUT2D eigenvalue weighted by Crippen LogP contribution is -2.35. The van der Waals surface area contributed by atoms with Crippen molar-refractivity contribution in [2.24, 2.45) is 5.73 Å². The van der Waals surface area contributed by atoms with Gasteiger partial charge in [0.25, 0.3) is 0 Å². The Kier molecular flexibility index (Phi) is 2.73. The van der Waals surface area contributed by atoms with E-state index in [2.05, 4.69) is 36.5 Å². The zero-order valence-electron chi connectivity index (χ0n) is 8.66. The standard InChI is InChI=1S/C12H18N2/c1-9-4-2-5-10(8-9)14-12-7-3-6-11(12)13/h2,4-5,8,11-12,14H,3,6-7,13H2,1H3/t11-,12+/m1/s1. The molecule has 1 aromatic rings. The molecule has 2 heteroatoms. The average molecular weight is 190 g/mol. The molecular formula is C12H18N2. The molecule has 2 atom stereocenters. The van der Waals surface area contributed by atoms with Gasteiger partial charge >= 0.3 is 0 Å². The molecule has 1 saturated carbocycles. The van der Waals surface area contributed by atoms with Crippen LogP contribution in [0.1, 0.15) is 24.8 Å². The molecule has 0 radical (unpaired) electrons. The fraction of sp³-hybridized carbons (Fsp3) is 0.500. The van der Waals surface area contributed by atoms with Crippen LogP contribution in [0.4, 0.5) is 5.69 Å². The fourth-order valence-corrected chi connectivity index (χ4v) is 2.12. The van der Waals surface area contributed by atoms with Crippen LogP contribution in [0.15, 0.2) is 24.3 Å². The van der Waals surface area contributed by atoms with Gasteiger partial charge in [0.15, 0.2) is 0 Å². The third kappa shape index (κ3) is 2.07. The minimum absolute atomic E-state index is 0.329. The number of hydrogen-bond donors (Lipinski definition) is 2. The summed E-state index contributed by atoms with van der Waals surface area (Å²) in [5.41, 5.74) is 8.50. The maximum atomic E-state index is 6.00. The summed E-state index contributed by atoms with van der Waals surface area (Å²) in [5.74, 6) is 0. The van der Waals surface area contributed by atoms with E-state index < -0.39 is 0 Å². The Morgan fingerprint density at radius 3 is 2.86 bits per heavy atom. The van der Waals surface area contributed by atoms with Gasteiger partial charge in [-0.15, -0.1) is 0 Å². The molecule has 1 fully saturated rings. The van der Waals surface area contributed by atoms with Crippen molar-refractivity contribution in [1.29, 1.82) is 0 Å². The molecular weight excluding hydrogens is 172 g/mol. The third-order valence-corrected chi connectivity index (χ3v) is 2.94. The van der Waals surface area contributed by atoms with E-state index in [0.29, 0.717) is 12.1 Å². The predicted octanol–water partition coefficient (Wildman–Crippen LogP) is 2.29. The number of nitrogens with two attached hydrogens (primary N) is 1. The van der Waals surface area contributed by atoms with E-state index in [-0.39, 0.29) is 0 Å². The van der Waals surface area contributed by atoms with Gasteiger partial charge in [-0.1, -0.05) is 12.1 Å². The minimum atomic E-state index is 0.329. The fourth-order valence-electron chi connectivity index (χ4n) is 2.12. The number of anilines is 1. The molecule has 1 aliphatic rings. The lowest BCUT2D eigenvalue weighted by molar-refractivity contribution is 0.638. The summed E-state index contributed by atoms with van der Waals surface area (Å²) in [6.07, 6.45) is 3.61. The molecule has 0 saturated heterocycles. The summed E-state index contributed by atoms with van der Waals surface area (Å²) >= 11 is 0. The molecule has 0 spiro atoms. The van der Waals surface area contributed by atoms with Crippen molar-refractivity contribution < 1.29 is 0 Å². The van der Waals surface area contributed by atoms with Crippen molar-refractivity contribution in [2.75, 3.05) is 5.32 Å². The molecule has 0 amide bonds. The highest BCUT2D eigenvalue weighted by Gasteiger charge is 2.23. The van der Waals surface area contributed by atoms with Gasteiger partial charge in [-0.2, -0.15) is 0 Å². The second kappa shape index (κ2) is 4.01. The largest absolute Gasteiger partial charge is 0.381 e. The Morgan fingerprint density at radius 2 is 2.21 bits per heavy atom. The van der Waals surface area contributed by atoms with Gasteiger partial charge in [0.1, 0.15) is 0 Å². The van der Waals surface area contributed by atoms with E-state index in [1.807, 2.05) is 0 Å². The van der Waals surface area contributed by atoms with Crippen molar-refractivity contribution in [3.05, 3.63) is 29.8 Å².